The van der Waals surface area contributed by atoms with Gasteiger partial charge in [0, 0.05) is 24.5 Å². The van der Waals surface area contributed by atoms with Crippen molar-refractivity contribution >= 4 is 21.6 Å². The van der Waals surface area contributed by atoms with Crippen LogP contribution >= 0.6 is 0 Å². The number of para-hydroxylation sites is 1. The molecule has 3 aromatic carbocycles. The van der Waals surface area contributed by atoms with E-state index in [-0.39, 0.29) is 22.9 Å². The highest BCUT2D eigenvalue weighted by Crippen LogP contribution is 2.24. The van der Waals surface area contributed by atoms with Gasteiger partial charge in [-0.1, -0.05) is 36.4 Å². The number of sulfonamides is 1. The zero-order valence-corrected chi connectivity index (χ0v) is 21.0. The minimum absolute atomic E-state index is 0.0699. The van der Waals surface area contributed by atoms with Gasteiger partial charge in [-0.3, -0.25) is 9.52 Å². The highest BCUT2D eigenvalue weighted by Gasteiger charge is 2.20. The molecule has 0 bridgehead atoms. The SMILES string of the molecule is Cc1ccc(C(=O)NCc2ccccc2-n2ccnc2C)cc1S(=O)(=O)Nc1cccc(C)c1C. The molecule has 1 amide bonds. The average molecular weight is 489 g/mol. The molecule has 0 fully saturated rings. The average Bonchev–Trinajstić information content (AvgIpc) is 3.26. The highest BCUT2D eigenvalue weighted by molar-refractivity contribution is 7.92. The molecule has 35 heavy (non-hydrogen) atoms. The number of imidazole rings is 1. The third kappa shape index (κ3) is 5.12. The second kappa shape index (κ2) is 9.76. The smallest absolute Gasteiger partial charge is 0.262 e. The van der Waals surface area contributed by atoms with E-state index in [9.17, 15) is 13.2 Å². The minimum atomic E-state index is -3.89. The van der Waals surface area contributed by atoms with Crippen LogP contribution in [0.2, 0.25) is 0 Å². The first-order valence-electron chi connectivity index (χ1n) is 11.2. The van der Waals surface area contributed by atoms with Gasteiger partial charge in [0.2, 0.25) is 0 Å². The Labute approximate surface area is 205 Å². The third-order valence-corrected chi connectivity index (χ3v) is 7.61. The zero-order valence-electron chi connectivity index (χ0n) is 20.2. The first kappa shape index (κ1) is 24.2. The van der Waals surface area contributed by atoms with Gasteiger partial charge in [0.05, 0.1) is 16.3 Å². The van der Waals surface area contributed by atoms with E-state index < -0.39 is 10.0 Å². The van der Waals surface area contributed by atoms with Crippen molar-refractivity contribution in [1.82, 2.24) is 14.9 Å². The number of hydrogen-bond donors (Lipinski definition) is 2. The molecule has 1 aromatic heterocycles. The van der Waals surface area contributed by atoms with Crippen molar-refractivity contribution < 1.29 is 13.2 Å². The Balaban J connectivity index is 1.56. The predicted octanol–water partition coefficient (Wildman–Crippen LogP) is 4.84. The molecule has 0 spiro atoms. The maximum atomic E-state index is 13.2. The molecule has 0 aliphatic heterocycles. The van der Waals surface area contributed by atoms with Crippen molar-refractivity contribution in [2.24, 2.45) is 0 Å². The Morgan fingerprint density at radius 1 is 0.943 bits per heavy atom. The monoisotopic (exact) mass is 488 g/mol. The Morgan fingerprint density at radius 3 is 2.46 bits per heavy atom. The van der Waals surface area contributed by atoms with E-state index >= 15 is 0 Å². The molecule has 0 unspecified atom stereocenters. The van der Waals surface area contributed by atoms with Crippen LogP contribution in [0.25, 0.3) is 5.69 Å². The topological polar surface area (TPSA) is 93.1 Å². The molecule has 4 rings (SSSR count). The summed E-state index contributed by atoms with van der Waals surface area (Å²) in [4.78, 5) is 17.3. The van der Waals surface area contributed by atoms with Gasteiger partial charge >= 0.3 is 0 Å². The summed E-state index contributed by atoms with van der Waals surface area (Å²) in [5, 5.41) is 2.91. The molecule has 0 saturated heterocycles. The van der Waals surface area contributed by atoms with Crippen molar-refractivity contribution in [1.29, 1.82) is 0 Å². The molecule has 0 saturated carbocycles. The van der Waals surface area contributed by atoms with Gasteiger partial charge in [-0.2, -0.15) is 0 Å². The molecule has 0 aliphatic carbocycles. The number of aromatic nitrogens is 2. The zero-order chi connectivity index (χ0) is 25.2. The summed E-state index contributed by atoms with van der Waals surface area (Å²) in [6, 6.07) is 17.9. The number of aryl methyl sites for hydroxylation is 3. The molecule has 0 aliphatic rings. The Hall–Kier alpha value is -3.91. The van der Waals surface area contributed by atoms with Crippen LogP contribution in [0, 0.1) is 27.7 Å². The lowest BCUT2D eigenvalue weighted by atomic mass is 10.1. The van der Waals surface area contributed by atoms with E-state index in [0.29, 0.717) is 11.3 Å². The maximum absolute atomic E-state index is 13.2. The molecular weight excluding hydrogens is 460 g/mol. The van der Waals surface area contributed by atoms with Crippen molar-refractivity contribution in [3.05, 3.63) is 107 Å². The number of carbonyl (C=O) groups excluding carboxylic acids is 1. The fraction of sp³-hybridized carbons (Fsp3) is 0.185. The quantitative estimate of drug-likeness (QED) is 0.389. The van der Waals surface area contributed by atoms with Gasteiger partial charge in [-0.05, 0) is 74.2 Å². The lowest BCUT2D eigenvalue weighted by molar-refractivity contribution is 0.0950. The summed E-state index contributed by atoms with van der Waals surface area (Å²) in [7, 11) is -3.89. The van der Waals surface area contributed by atoms with Crippen LogP contribution in [0.15, 0.2) is 78.0 Å². The summed E-state index contributed by atoms with van der Waals surface area (Å²) in [6.45, 7) is 7.70. The van der Waals surface area contributed by atoms with E-state index in [4.69, 9.17) is 0 Å². The van der Waals surface area contributed by atoms with Gasteiger partial charge in [-0.15, -0.1) is 0 Å². The lowest BCUT2D eigenvalue weighted by Crippen LogP contribution is -2.24. The van der Waals surface area contributed by atoms with Crippen LogP contribution in [0.4, 0.5) is 5.69 Å². The Morgan fingerprint density at radius 2 is 1.71 bits per heavy atom. The number of benzene rings is 3. The fourth-order valence-corrected chi connectivity index (χ4v) is 5.29. The van der Waals surface area contributed by atoms with Gasteiger partial charge in [0.25, 0.3) is 15.9 Å². The number of hydrogen-bond acceptors (Lipinski definition) is 4. The van der Waals surface area contributed by atoms with Gasteiger partial charge in [0.15, 0.2) is 0 Å². The molecule has 4 aromatic rings. The lowest BCUT2D eigenvalue weighted by Gasteiger charge is -2.15. The van der Waals surface area contributed by atoms with E-state index in [1.54, 1.807) is 37.4 Å². The number of amides is 1. The molecular formula is C27H28N4O3S. The summed E-state index contributed by atoms with van der Waals surface area (Å²) in [5.74, 6) is 0.485. The number of carbonyl (C=O) groups is 1. The Bertz CT molecular complexity index is 1510. The molecule has 0 atom stereocenters. The largest absolute Gasteiger partial charge is 0.348 e. The van der Waals surface area contributed by atoms with Gasteiger partial charge < -0.3 is 9.88 Å². The van der Waals surface area contributed by atoms with E-state index in [1.807, 2.05) is 61.9 Å². The highest BCUT2D eigenvalue weighted by atomic mass is 32.2. The van der Waals surface area contributed by atoms with E-state index in [2.05, 4.69) is 15.0 Å². The van der Waals surface area contributed by atoms with E-state index in [1.165, 1.54) is 6.07 Å². The van der Waals surface area contributed by atoms with Crippen LogP contribution in [0.1, 0.15) is 38.4 Å². The number of rotatable bonds is 7. The summed E-state index contributed by atoms with van der Waals surface area (Å²) < 4.78 is 31.0. The summed E-state index contributed by atoms with van der Waals surface area (Å²) in [5.41, 5.74) is 5.03. The second-order valence-corrected chi connectivity index (χ2v) is 10.1. The fourth-order valence-electron chi connectivity index (χ4n) is 3.90. The first-order valence-corrected chi connectivity index (χ1v) is 12.7. The van der Waals surface area contributed by atoms with Crippen LogP contribution < -0.4 is 10.0 Å². The molecule has 0 radical (unpaired) electrons. The third-order valence-electron chi connectivity index (χ3n) is 6.11. The molecule has 2 N–H and O–H groups in total. The van der Waals surface area contributed by atoms with Crippen molar-refractivity contribution in [3.8, 4) is 5.69 Å². The van der Waals surface area contributed by atoms with Crippen LogP contribution in [0.5, 0.6) is 0 Å². The Kier molecular flexibility index (Phi) is 6.75. The maximum Gasteiger partial charge on any atom is 0.262 e. The van der Waals surface area contributed by atoms with Crippen LogP contribution in [-0.2, 0) is 16.6 Å². The van der Waals surface area contributed by atoms with Gasteiger partial charge in [0.1, 0.15) is 5.82 Å². The summed E-state index contributed by atoms with van der Waals surface area (Å²) >= 11 is 0. The van der Waals surface area contributed by atoms with Gasteiger partial charge in [-0.25, -0.2) is 13.4 Å². The second-order valence-electron chi connectivity index (χ2n) is 8.49. The van der Waals surface area contributed by atoms with Crippen LogP contribution in [0.3, 0.4) is 0 Å². The molecule has 180 valence electrons. The first-order chi connectivity index (χ1) is 16.7. The van der Waals surface area contributed by atoms with Crippen molar-refractivity contribution in [2.45, 2.75) is 39.1 Å². The van der Waals surface area contributed by atoms with E-state index in [0.717, 1.165) is 28.2 Å². The molecule has 7 nitrogen and oxygen atoms in total. The van der Waals surface area contributed by atoms with Crippen LogP contribution in [-0.4, -0.2) is 23.9 Å². The number of nitrogens with zero attached hydrogens (tertiary/aromatic N) is 2. The summed E-state index contributed by atoms with van der Waals surface area (Å²) in [6.07, 6.45) is 3.60. The minimum Gasteiger partial charge on any atom is -0.348 e. The standard InChI is InChI=1S/C27H28N4O3S/c1-18-8-7-10-24(20(18)3)30-35(33,34)26-16-22(13-12-19(26)2)27(32)29-17-23-9-5-6-11-25(23)31-15-14-28-21(31)4/h5-16,30H,17H2,1-4H3,(H,29,32). The normalized spacial score (nSPS) is 11.3. The number of anilines is 1. The number of nitrogens with one attached hydrogen (secondary N) is 2. The van der Waals surface area contributed by atoms with Crippen molar-refractivity contribution in [3.63, 3.8) is 0 Å². The molecule has 1 heterocycles. The van der Waals surface area contributed by atoms with Crippen molar-refractivity contribution in [2.75, 3.05) is 4.72 Å². The molecule has 8 heteroatoms. The predicted molar refractivity (Wildman–Crippen MR) is 137 cm³/mol.